The molecule has 0 heterocycles. The molecule has 0 aromatic heterocycles. The van der Waals surface area contributed by atoms with Crippen LogP contribution in [0, 0.1) is 0 Å². The SMILES string of the molecule is CCc1cccc(C(NN)C(C)(CC)N(CC)CC)c1. The zero-order valence-corrected chi connectivity index (χ0v) is 13.7. The Morgan fingerprint density at radius 1 is 1.20 bits per heavy atom. The lowest BCUT2D eigenvalue weighted by Crippen LogP contribution is -2.55. The molecule has 1 rings (SSSR count). The summed E-state index contributed by atoms with van der Waals surface area (Å²) in [5.41, 5.74) is 5.73. The third-order valence-corrected chi connectivity index (χ3v) is 4.68. The predicted octanol–water partition coefficient (Wildman–Crippen LogP) is 3.26. The molecule has 0 radical (unpaired) electrons. The van der Waals surface area contributed by atoms with Crippen LogP contribution in [0.25, 0.3) is 0 Å². The summed E-state index contributed by atoms with van der Waals surface area (Å²) >= 11 is 0. The van der Waals surface area contributed by atoms with Crippen molar-refractivity contribution in [2.24, 2.45) is 5.84 Å². The molecule has 2 unspecified atom stereocenters. The van der Waals surface area contributed by atoms with Crippen molar-refractivity contribution in [3.05, 3.63) is 35.4 Å². The molecule has 0 aliphatic heterocycles. The van der Waals surface area contributed by atoms with Crippen LogP contribution >= 0.6 is 0 Å². The van der Waals surface area contributed by atoms with Crippen LogP contribution in [-0.2, 0) is 6.42 Å². The Morgan fingerprint density at radius 3 is 2.30 bits per heavy atom. The standard InChI is InChI=1S/C17H31N3/c1-6-14-11-10-12-15(13-14)16(19-18)17(5,7-2)20(8-3)9-4/h10-13,16,19H,6-9,18H2,1-5H3. The highest BCUT2D eigenvalue weighted by Gasteiger charge is 2.37. The third-order valence-electron chi connectivity index (χ3n) is 4.68. The van der Waals surface area contributed by atoms with E-state index in [1.54, 1.807) is 0 Å². The van der Waals surface area contributed by atoms with Crippen LogP contribution in [0.2, 0.25) is 0 Å². The van der Waals surface area contributed by atoms with Crippen LogP contribution in [-0.4, -0.2) is 23.5 Å². The Bertz CT molecular complexity index is 401. The Balaban J connectivity index is 3.19. The van der Waals surface area contributed by atoms with Crippen molar-refractivity contribution in [3.8, 4) is 0 Å². The first-order valence-corrected chi connectivity index (χ1v) is 7.87. The lowest BCUT2D eigenvalue weighted by Gasteiger charge is -2.45. The molecular formula is C17H31N3. The van der Waals surface area contributed by atoms with Gasteiger partial charge in [-0.2, -0.15) is 0 Å². The molecule has 1 aromatic rings. The molecule has 0 fully saturated rings. The molecule has 20 heavy (non-hydrogen) atoms. The largest absolute Gasteiger partial charge is 0.297 e. The number of rotatable bonds is 8. The van der Waals surface area contributed by atoms with Gasteiger partial charge < -0.3 is 0 Å². The first-order valence-electron chi connectivity index (χ1n) is 7.87. The van der Waals surface area contributed by atoms with Crippen molar-refractivity contribution in [1.29, 1.82) is 0 Å². The van der Waals surface area contributed by atoms with Gasteiger partial charge in [-0.3, -0.25) is 16.2 Å². The van der Waals surface area contributed by atoms with Gasteiger partial charge in [0.05, 0.1) is 6.04 Å². The minimum absolute atomic E-state index is 0.0185. The van der Waals surface area contributed by atoms with E-state index >= 15 is 0 Å². The van der Waals surface area contributed by atoms with E-state index in [2.05, 4.69) is 69.2 Å². The molecule has 1 aromatic carbocycles. The van der Waals surface area contributed by atoms with Crippen LogP contribution in [0.1, 0.15) is 58.2 Å². The number of nitrogens with zero attached hydrogens (tertiary/aromatic N) is 1. The maximum absolute atomic E-state index is 5.93. The summed E-state index contributed by atoms with van der Waals surface area (Å²) in [6, 6.07) is 8.91. The van der Waals surface area contributed by atoms with E-state index in [1.807, 2.05) is 0 Å². The minimum atomic E-state index is 0.0185. The average molecular weight is 277 g/mol. The molecule has 0 bridgehead atoms. The monoisotopic (exact) mass is 277 g/mol. The molecule has 0 amide bonds. The van der Waals surface area contributed by atoms with Crippen LogP contribution < -0.4 is 11.3 Å². The zero-order valence-electron chi connectivity index (χ0n) is 13.7. The van der Waals surface area contributed by atoms with Gasteiger partial charge in [-0.05, 0) is 44.0 Å². The molecule has 3 nitrogen and oxygen atoms in total. The Kier molecular flexibility index (Phi) is 6.66. The Morgan fingerprint density at radius 2 is 1.85 bits per heavy atom. The van der Waals surface area contributed by atoms with Crippen LogP contribution in [0.4, 0.5) is 0 Å². The molecule has 3 heteroatoms. The molecular weight excluding hydrogens is 246 g/mol. The van der Waals surface area contributed by atoms with Crippen LogP contribution in [0.5, 0.6) is 0 Å². The molecule has 0 aliphatic carbocycles. The second-order valence-electron chi connectivity index (χ2n) is 5.58. The molecule has 114 valence electrons. The highest BCUT2D eigenvalue weighted by molar-refractivity contribution is 5.28. The summed E-state index contributed by atoms with van der Waals surface area (Å²) in [4.78, 5) is 2.50. The first kappa shape index (κ1) is 17.2. The van der Waals surface area contributed by atoms with E-state index < -0.39 is 0 Å². The van der Waals surface area contributed by atoms with E-state index in [1.165, 1.54) is 11.1 Å². The topological polar surface area (TPSA) is 41.3 Å². The number of nitrogens with one attached hydrogen (secondary N) is 1. The smallest absolute Gasteiger partial charge is 0.0641 e. The molecule has 0 spiro atoms. The molecule has 3 N–H and O–H groups in total. The summed E-state index contributed by atoms with van der Waals surface area (Å²) in [7, 11) is 0. The highest BCUT2D eigenvalue weighted by Crippen LogP contribution is 2.34. The lowest BCUT2D eigenvalue weighted by molar-refractivity contribution is 0.0698. The predicted molar refractivity (Wildman–Crippen MR) is 87.5 cm³/mol. The van der Waals surface area contributed by atoms with Gasteiger partial charge in [0.1, 0.15) is 0 Å². The first-order chi connectivity index (χ1) is 9.57. The number of hydrazine groups is 1. The fourth-order valence-corrected chi connectivity index (χ4v) is 3.18. The van der Waals surface area contributed by atoms with Gasteiger partial charge in [0.2, 0.25) is 0 Å². The number of likely N-dealkylation sites (N-methyl/N-ethyl adjacent to an activating group) is 1. The van der Waals surface area contributed by atoms with Gasteiger partial charge >= 0.3 is 0 Å². The van der Waals surface area contributed by atoms with Crippen molar-refractivity contribution in [2.75, 3.05) is 13.1 Å². The second kappa shape index (κ2) is 7.77. The van der Waals surface area contributed by atoms with Crippen LogP contribution in [0.15, 0.2) is 24.3 Å². The number of benzene rings is 1. The van der Waals surface area contributed by atoms with Gasteiger partial charge in [-0.25, -0.2) is 0 Å². The Labute approximate surface area is 124 Å². The molecule has 0 saturated carbocycles. The Hall–Kier alpha value is -0.900. The van der Waals surface area contributed by atoms with Crippen molar-refractivity contribution in [1.82, 2.24) is 10.3 Å². The summed E-state index contributed by atoms with van der Waals surface area (Å²) in [5.74, 6) is 5.93. The van der Waals surface area contributed by atoms with E-state index in [-0.39, 0.29) is 11.6 Å². The fourth-order valence-electron chi connectivity index (χ4n) is 3.18. The highest BCUT2D eigenvalue weighted by atomic mass is 15.3. The molecule has 0 aliphatic rings. The minimum Gasteiger partial charge on any atom is -0.297 e. The summed E-state index contributed by atoms with van der Waals surface area (Å²) in [6.07, 6.45) is 2.11. The second-order valence-corrected chi connectivity index (χ2v) is 5.58. The molecule has 2 atom stereocenters. The summed E-state index contributed by atoms with van der Waals surface area (Å²) in [5, 5.41) is 0. The lowest BCUT2D eigenvalue weighted by atomic mass is 9.82. The van der Waals surface area contributed by atoms with Crippen molar-refractivity contribution < 1.29 is 0 Å². The number of nitrogens with two attached hydrogens (primary N) is 1. The third kappa shape index (κ3) is 3.40. The number of hydrogen-bond donors (Lipinski definition) is 2. The normalized spacial score (nSPS) is 16.1. The van der Waals surface area contributed by atoms with E-state index in [0.29, 0.717) is 0 Å². The maximum atomic E-state index is 5.93. The average Bonchev–Trinajstić information content (AvgIpc) is 2.49. The summed E-state index contributed by atoms with van der Waals surface area (Å²) in [6.45, 7) is 13.2. The van der Waals surface area contributed by atoms with Gasteiger partial charge in [0, 0.05) is 5.54 Å². The van der Waals surface area contributed by atoms with Crippen molar-refractivity contribution >= 4 is 0 Å². The number of aryl methyl sites for hydroxylation is 1. The van der Waals surface area contributed by atoms with E-state index in [9.17, 15) is 0 Å². The van der Waals surface area contributed by atoms with E-state index in [4.69, 9.17) is 5.84 Å². The van der Waals surface area contributed by atoms with Gasteiger partial charge in [-0.15, -0.1) is 0 Å². The number of hydrogen-bond acceptors (Lipinski definition) is 3. The maximum Gasteiger partial charge on any atom is 0.0641 e. The quantitative estimate of drug-likeness (QED) is 0.566. The summed E-state index contributed by atoms with van der Waals surface area (Å²) < 4.78 is 0. The van der Waals surface area contributed by atoms with Crippen LogP contribution in [0.3, 0.4) is 0 Å². The van der Waals surface area contributed by atoms with Gasteiger partial charge in [-0.1, -0.05) is 52.0 Å². The van der Waals surface area contributed by atoms with Crippen molar-refractivity contribution in [2.45, 2.75) is 59.0 Å². The zero-order chi connectivity index (χ0) is 15.2. The van der Waals surface area contributed by atoms with E-state index in [0.717, 1.165) is 25.9 Å². The molecule has 0 saturated heterocycles. The van der Waals surface area contributed by atoms with Gasteiger partial charge in [0.15, 0.2) is 0 Å². The van der Waals surface area contributed by atoms with Crippen molar-refractivity contribution in [3.63, 3.8) is 0 Å². The van der Waals surface area contributed by atoms with Gasteiger partial charge in [0.25, 0.3) is 0 Å². The fraction of sp³-hybridized carbons (Fsp3) is 0.647.